The summed E-state index contributed by atoms with van der Waals surface area (Å²) in [6.07, 6.45) is 0.674. The van der Waals surface area contributed by atoms with Crippen molar-refractivity contribution >= 4 is 21.6 Å². The normalized spacial score (nSPS) is 12.1. The van der Waals surface area contributed by atoms with E-state index in [9.17, 15) is 8.42 Å². The van der Waals surface area contributed by atoms with Gasteiger partial charge in [-0.1, -0.05) is 24.6 Å². The molecule has 19 heavy (non-hydrogen) atoms. The summed E-state index contributed by atoms with van der Waals surface area (Å²) in [5, 5.41) is 9.30. The van der Waals surface area contributed by atoms with Crippen LogP contribution in [-0.2, 0) is 16.6 Å². The largest absolute Gasteiger partial charge is 0.395 e. The maximum Gasteiger partial charge on any atom is 0.243 e. The van der Waals surface area contributed by atoms with E-state index in [1.165, 1.54) is 16.4 Å². The zero-order valence-corrected chi connectivity index (χ0v) is 12.4. The molecule has 7 heteroatoms. The molecule has 1 rings (SSSR count). The van der Waals surface area contributed by atoms with Crippen molar-refractivity contribution < 1.29 is 13.5 Å². The second kappa shape index (κ2) is 7.21. The van der Waals surface area contributed by atoms with Gasteiger partial charge in [0, 0.05) is 24.7 Å². The van der Waals surface area contributed by atoms with Crippen LogP contribution in [0.5, 0.6) is 0 Å². The molecule has 0 fully saturated rings. The van der Waals surface area contributed by atoms with Crippen LogP contribution in [0.15, 0.2) is 23.1 Å². The molecule has 0 spiro atoms. The molecule has 0 saturated carbocycles. The van der Waals surface area contributed by atoms with E-state index in [2.05, 4.69) is 0 Å². The Balaban J connectivity index is 3.14. The number of rotatable bonds is 7. The van der Waals surface area contributed by atoms with Crippen LogP contribution in [0.2, 0.25) is 5.02 Å². The molecule has 108 valence electrons. The number of hydrogen-bond acceptors (Lipinski definition) is 4. The van der Waals surface area contributed by atoms with Crippen LogP contribution in [0.1, 0.15) is 18.9 Å². The summed E-state index contributed by atoms with van der Waals surface area (Å²) in [5.74, 6) is 0. The Morgan fingerprint density at radius 1 is 1.37 bits per heavy atom. The molecule has 0 radical (unpaired) electrons. The molecule has 0 unspecified atom stereocenters. The van der Waals surface area contributed by atoms with Gasteiger partial charge < -0.3 is 10.8 Å². The van der Waals surface area contributed by atoms with Crippen molar-refractivity contribution in [1.29, 1.82) is 0 Å². The Bertz CT molecular complexity index is 514. The average molecular weight is 307 g/mol. The molecule has 1 aromatic carbocycles. The van der Waals surface area contributed by atoms with Crippen LogP contribution in [0.25, 0.3) is 0 Å². The maximum absolute atomic E-state index is 12.4. The minimum absolute atomic E-state index is 0.0758. The quantitative estimate of drug-likeness (QED) is 0.792. The Morgan fingerprint density at radius 2 is 2.05 bits per heavy atom. The van der Waals surface area contributed by atoms with E-state index < -0.39 is 10.0 Å². The fraction of sp³-hybridized carbons (Fsp3) is 0.500. The van der Waals surface area contributed by atoms with Crippen molar-refractivity contribution in [1.82, 2.24) is 4.31 Å². The Hall–Kier alpha value is -0.660. The lowest BCUT2D eigenvalue weighted by atomic mass is 10.2. The number of aliphatic hydroxyl groups is 1. The number of aliphatic hydroxyl groups excluding tert-OH is 1. The van der Waals surface area contributed by atoms with E-state index in [4.69, 9.17) is 22.4 Å². The van der Waals surface area contributed by atoms with Gasteiger partial charge in [-0.2, -0.15) is 4.31 Å². The average Bonchev–Trinajstić information content (AvgIpc) is 2.38. The van der Waals surface area contributed by atoms with Crippen LogP contribution in [0, 0.1) is 0 Å². The van der Waals surface area contributed by atoms with Gasteiger partial charge >= 0.3 is 0 Å². The molecule has 3 N–H and O–H groups in total. The van der Waals surface area contributed by atoms with Crippen LogP contribution in [0.4, 0.5) is 0 Å². The molecule has 0 aliphatic heterocycles. The third kappa shape index (κ3) is 3.90. The third-order valence-corrected chi connectivity index (χ3v) is 4.95. The third-order valence-electron chi connectivity index (χ3n) is 2.70. The molecule has 0 atom stereocenters. The van der Waals surface area contributed by atoms with E-state index in [0.29, 0.717) is 23.6 Å². The molecule has 0 saturated heterocycles. The predicted molar refractivity (Wildman–Crippen MR) is 75.5 cm³/mol. The van der Waals surface area contributed by atoms with Gasteiger partial charge in [0.05, 0.1) is 11.5 Å². The molecule has 5 nitrogen and oxygen atoms in total. The van der Waals surface area contributed by atoms with E-state index in [-0.39, 0.29) is 24.6 Å². The van der Waals surface area contributed by atoms with Crippen LogP contribution in [0.3, 0.4) is 0 Å². The molecule has 0 bridgehead atoms. The van der Waals surface area contributed by atoms with Crippen molar-refractivity contribution in [2.45, 2.75) is 24.8 Å². The first-order valence-corrected chi connectivity index (χ1v) is 7.88. The summed E-state index contributed by atoms with van der Waals surface area (Å²) in [6.45, 7) is 2.36. The second-order valence-electron chi connectivity index (χ2n) is 4.09. The first-order valence-electron chi connectivity index (χ1n) is 6.06. The minimum Gasteiger partial charge on any atom is -0.395 e. The number of hydrogen-bond donors (Lipinski definition) is 2. The van der Waals surface area contributed by atoms with E-state index in [1.54, 1.807) is 6.07 Å². The van der Waals surface area contributed by atoms with Gasteiger partial charge in [-0.3, -0.25) is 0 Å². The lowest BCUT2D eigenvalue weighted by Gasteiger charge is -2.21. The summed E-state index contributed by atoms with van der Waals surface area (Å²) >= 11 is 5.98. The lowest BCUT2D eigenvalue weighted by Crippen LogP contribution is -2.34. The molecular formula is C12H19ClN2O3S. The van der Waals surface area contributed by atoms with E-state index in [1.807, 2.05) is 6.92 Å². The minimum atomic E-state index is -3.62. The summed E-state index contributed by atoms with van der Waals surface area (Å²) in [4.78, 5) is 0.122. The summed E-state index contributed by atoms with van der Waals surface area (Å²) in [6, 6.07) is 4.50. The highest BCUT2D eigenvalue weighted by molar-refractivity contribution is 7.89. The van der Waals surface area contributed by atoms with Gasteiger partial charge in [0.2, 0.25) is 10.0 Å². The van der Waals surface area contributed by atoms with Crippen molar-refractivity contribution in [3.63, 3.8) is 0 Å². The Morgan fingerprint density at radius 3 is 2.53 bits per heavy atom. The van der Waals surface area contributed by atoms with Crippen LogP contribution >= 0.6 is 11.6 Å². The zero-order valence-electron chi connectivity index (χ0n) is 10.8. The van der Waals surface area contributed by atoms with Crippen molar-refractivity contribution in [2.24, 2.45) is 5.73 Å². The van der Waals surface area contributed by atoms with Crippen LogP contribution in [-0.4, -0.2) is 37.5 Å². The molecular weight excluding hydrogens is 288 g/mol. The van der Waals surface area contributed by atoms with E-state index >= 15 is 0 Å². The van der Waals surface area contributed by atoms with Gasteiger partial charge in [0.15, 0.2) is 0 Å². The number of halogens is 1. The van der Waals surface area contributed by atoms with Crippen molar-refractivity contribution in [2.75, 3.05) is 19.7 Å². The van der Waals surface area contributed by atoms with Crippen molar-refractivity contribution in [3.05, 3.63) is 28.8 Å². The highest BCUT2D eigenvalue weighted by atomic mass is 35.5. The number of nitrogens with zero attached hydrogens (tertiary/aromatic N) is 1. The predicted octanol–water partition coefficient (Wildman–Crippen LogP) is 1.19. The summed E-state index contributed by atoms with van der Waals surface area (Å²) < 4.78 is 26.0. The Kier molecular flexibility index (Phi) is 6.22. The zero-order chi connectivity index (χ0) is 14.5. The van der Waals surface area contributed by atoms with Gasteiger partial charge in [-0.25, -0.2) is 8.42 Å². The molecule has 0 aliphatic rings. The lowest BCUT2D eigenvalue weighted by molar-refractivity contribution is 0.253. The van der Waals surface area contributed by atoms with Crippen molar-refractivity contribution in [3.8, 4) is 0 Å². The first kappa shape index (κ1) is 16.4. The SMILES string of the molecule is CCCN(CCO)S(=O)(=O)c1ccc(CN)c(Cl)c1. The number of sulfonamides is 1. The number of benzene rings is 1. The first-order chi connectivity index (χ1) is 8.97. The van der Waals surface area contributed by atoms with Crippen LogP contribution < -0.4 is 5.73 Å². The maximum atomic E-state index is 12.4. The molecule has 0 aromatic heterocycles. The van der Waals surface area contributed by atoms with Gasteiger partial charge in [-0.15, -0.1) is 0 Å². The smallest absolute Gasteiger partial charge is 0.243 e. The number of nitrogens with two attached hydrogens (primary N) is 1. The highest BCUT2D eigenvalue weighted by Crippen LogP contribution is 2.23. The fourth-order valence-electron chi connectivity index (χ4n) is 1.72. The van der Waals surface area contributed by atoms with Gasteiger partial charge in [-0.05, 0) is 24.1 Å². The Labute approximate surface area is 119 Å². The van der Waals surface area contributed by atoms with E-state index in [0.717, 1.165) is 0 Å². The fourth-order valence-corrected chi connectivity index (χ4v) is 3.59. The monoisotopic (exact) mass is 306 g/mol. The second-order valence-corrected chi connectivity index (χ2v) is 6.43. The summed E-state index contributed by atoms with van der Waals surface area (Å²) in [5.41, 5.74) is 6.19. The molecule has 0 amide bonds. The molecule has 0 heterocycles. The standard InChI is InChI=1S/C12H19ClN2O3S/c1-2-5-15(6-7-16)19(17,18)11-4-3-10(9-14)12(13)8-11/h3-4,8,16H,2,5-7,9,14H2,1H3. The highest BCUT2D eigenvalue weighted by Gasteiger charge is 2.23. The molecule has 1 aromatic rings. The van der Waals surface area contributed by atoms with Gasteiger partial charge in [0.25, 0.3) is 0 Å². The topological polar surface area (TPSA) is 83.6 Å². The molecule has 0 aliphatic carbocycles. The van der Waals surface area contributed by atoms with Gasteiger partial charge in [0.1, 0.15) is 0 Å². The summed E-state index contributed by atoms with van der Waals surface area (Å²) in [7, 11) is -3.62.